The fourth-order valence-corrected chi connectivity index (χ4v) is 3.83. The van der Waals surface area contributed by atoms with E-state index in [0.29, 0.717) is 23.3 Å². The summed E-state index contributed by atoms with van der Waals surface area (Å²) in [5.41, 5.74) is 3.63. The van der Waals surface area contributed by atoms with Crippen molar-refractivity contribution in [2.45, 2.75) is 72.3 Å². The normalized spacial score (nSPS) is 12.7. The molecule has 1 aromatic carbocycles. The van der Waals surface area contributed by atoms with Gasteiger partial charge in [0.2, 0.25) is 0 Å². The maximum Gasteiger partial charge on any atom is 0.189 e. The third-order valence-electron chi connectivity index (χ3n) is 5.02. The quantitative estimate of drug-likeness (QED) is 0.476. The third kappa shape index (κ3) is 4.35. The van der Waals surface area contributed by atoms with Gasteiger partial charge in [0.15, 0.2) is 17.0 Å². The lowest BCUT2D eigenvalue weighted by atomic mass is 10.0. The second kappa shape index (κ2) is 8.99. The number of hydrogen-bond donors (Lipinski definition) is 1. The molecule has 0 aliphatic rings. The molecule has 2 heterocycles. The molecule has 0 aliphatic carbocycles. The van der Waals surface area contributed by atoms with E-state index in [1.165, 1.54) is 18.4 Å². The molecule has 2 aromatic heterocycles. The van der Waals surface area contributed by atoms with E-state index in [0.717, 1.165) is 34.5 Å². The summed E-state index contributed by atoms with van der Waals surface area (Å²) in [6, 6.07) is 6.70. The summed E-state index contributed by atoms with van der Waals surface area (Å²) in [6.07, 6.45) is 4.54. The molecule has 7 heteroatoms. The number of hydrogen-bond acceptors (Lipinski definition) is 5. The molecular formula is C21H29BrN6. The van der Waals surface area contributed by atoms with E-state index in [1.807, 2.05) is 6.92 Å². The Kier molecular flexibility index (Phi) is 6.65. The highest BCUT2D eigenvalue weighted by molar-refractivity contribution is 9.10. The first kappa shape index (κ1) is 20.7. The highest BCUT2D eigenvalue weighted by Gasteiger charge is 2.18. The largest absolute Gasteiger partial charge is 0.365 e. The maximum atomic E-state index is 4.63. The molecule has 0 spiro atoms. The highest BCUT2D eigenvalue weighted by Crippen LogP contribution is 2.29. The molecule has 3 aromatic rings. The Labute approximate surface area is 175 Å². The van der Waals surface area contributed by atoms with Crippen LogP contribution in [0.1, 0.15) is 70.7 Å². The van der Waals surface area contributed by atoms with Crippen molar-refractivity contribution in [2.24, 2.45) is 0 Å². The Balaban J connectivity index is 2.02. The lowest BCUT2D eigenvalue weighted by Gasteiger charge is -2.17. The Morgan fingerprint density at radius 1 is 1.18 bits per heavy atom. The van der Waals surface area contributed by atoms with Crippen LogP contribution in [0.15, 0.2) is 22.7 Å². The molecule has 0 fully saturated rings. The summed E-state index contributed by atoms with van der Waals surface area (Å²) >= 11 is 3.69. The fourth-order valence-electron chi connectivity index (χ4n) is 3.26. The van der Waals surface area contributed by atoms with Crippen LogP contribution in [-0.2, 0) is 0 Å². The number of unbranched alkanes of at least 4 members (excludes halogenated alkanes) is 1. The van der Waals surface area contributed by atoms with E-state index >= 15 is 0 Å². The van der Waals surface area contributed by atoms with Crippen molar-refractivity contribution in [3.8, 4) is 5.69 Å². The lowest BCUT2D eigenvalue weighted by molar-refractivity contribution is 0.592. The molecule has 0 aliphatic heterocycles. The molecule has 0 amide bonds. The number of anilines is 1. The summed E-state index contributed by atoms with van der Waals surface area (Å²) in [5, 5.41) is 12.4. The SMILES string of the molecule is CCCCC(CC)Nc1nc(C)nc2c1nnn2-c1ccc(C(C)C)cc1Br. The van der Waals surface area contributed by atoms with Crippen molar-refractivity contribution in [3.63, 3.8) is 0 Å². The standard InChI is InChI=1S/C21H29BrN6/c1-6-8-9-16(7-2)25-20-19-21(24-14(5)23-20)28(27-26-19)18-11-10-15(13(3)4)12-17(18)22/h10-13,16H,6-9H2,1-5H3,(H,23,24,25). The topological polar surface area (TPSA) is 68.5 Å². The molecule has 1 unspecified atom stereocenters. The second-order valence-electron chi connectivity index (χ2n) is 7.55. The van der Waals surface area contributed by atoms with Crippen molar-refractivity contribution in [1.82, 2.24) is 25.0 Å². The third-order valence-corrected chi connectivity index (χ3v) is 5.65. The van der Waals surface area contributed by atoms with E-state index in [4.69, 9.17) is 0 Å². The zero-order chi connectivity index (χ0) is 20.3. The lowest BCUT2D eigenvalue weighted by Crippen LogP contribution is -2.19. The van der Waals surface area contributed by atoms with Crippen LogP contribution in [0.3, 0.4) is 0 Å². The first-order valence-corrected chi connectivity index (χ1v) is 10.9. The smallest absolute Gasteiger partial charge is 0.189 e. The van der Waals surface area contributed by atoms with E-state index < -0.39 is 0 Å². The van der Waals surface area contributed by atoms with Gasteiger partial charge in [-0.2, -0.15) is 4.68 Å². The van der Waals surface area contributed by atoms with Crippen LogP contribution in [0.5, 0.6) is 0 Å². The van der Waals surface area contributed by atoms with Crippen molar-refractivity contribution in [3.05, 3.63) is 34.1 Å². The van der Waals surface area contributed by atoms with Crippen LogP contribution >= 0.6 is 15.9 Å². The molecule has 3 rings (SSSR count). The van der Waals surface area contributed by atoms with Gasteiger partial charge in [0.05, 0.1) is 5.69 Å². The number of nitrogens with zero attached hydrogens (tertiary/aromatic N) is 5. The summed E-state index contributed by atoms with van der Waals surface area (Å²) in [7, 11) is 0. The van der Waals surface area contributed by atoms with E-state index in [2.05, 4.69) is 87.4 Å². The number of aromatic nitrogens is 5. The minimum absolute atomic E-state index is 0.375. The van der Waals surface area contributed by atoms with Crippen LogP contribution < -0.4 is 5.32 Å². The second-order valence-corrected chi connectivity index (χ2v) is 8.40. The number of nitrogens with one attached hydrogen (secondary N) is 1. The zero-order valence-electron chi connectivity index (χ0n) is 17.3. The average Bonchev–Trinajstić information content (AvgIpc) is 3.08. The summed E-state index contributed by atoms with van der Waals surface area (Å²) in [6.45, 7) is 10.7. The molecule has 0 saturated carbocycles. The summed E-state index contributed by atoms with van der Waals surface area (Å²) in [4.78, 5) is 9.25. The van der Waals surface area contributed by atoms with Crippen LogP contribution in [0.2, 0.25) is 0 Å². The fraction of sp³-hybridized carbons (Fsp3) is 0.524. The predicted molar refractivity (Wildman–Crippen MR) is 118 cm³/mol. The van der Waals surface area contributed by atoms with Gasteiger partial charge in [-0.05, 0) is 59.3 Å². The zero-order valence-corrected chi connectivity index (χ0v) is 18.9. The molecule has 1 atom stereocenters. The molecule has 0 saturated heterocycles. The molecule has 28 heavy (non-hydrogen) atoms. The predicted octanol–water partition coefficient (Wildman–Crippen LogP) is 5.79. The Hall–Kier alpha value is -2.02. The Morgan fingerprint density at radius 2 is 1.96 bits per heavy atom. The Morgan fingerprint density at radius 3 is 2.61 bits per heavy atom. The van der Waals surface area contributed by atoms with Gasteiger partial charge in [-0.3, -0.25) is 0 Å². The van der Waals surface area contributed by atoms with Gasteiger partial charge in [0.1, 0.15) is 5.82 Å². The number of halogens is 1. The minimum Gasteiger partial charge on any atom is -0.365 e. The highest BCUT2D eigenvalue weighted by atomic mass is 79.9. The number of fused-ring (bicyclic) bond motifs is 1. The Bertz CT molecular complexity index is 949. The van der Waals surface area contributed by atoms with E-state index in [-0.39, 0.29) is 0 Å². The van der Waals surface area contributed by atoms with Crippen molar-refractivity contribution in [1.29, 1.82) is 0 Å². The number of rotatable bonds is 8. The van der Waals surface area contributed by atoms with Crippen LogP contribution in [0.25, 0.3) is 16.9 Å². The first-order chi connectivity index (χ1) is 13.4. The number of benzene rings is 1. The van der Waals surface area contributed by atoms with Crippen molar-refractivity contribution in [2.75, 3.05) is 5.32 Å². The molecule has 0 bridgehead atoms. The van der Waals surface area contributed by atoms with E-state index in [9.17, 15) is 0 Å². The number of aryl methyl sites for hydroxylation is 1. The van der Waals surface area contributed by atoms with Gasteiger partial charge in [0.25, 0.3) is 0 Å². The maximum absolute atomic E-state index is 4.63. The summed E-state index contributed by atoms with van der Waals surface area (Å²) < 4.78 is 2.77. The summed E-state index contributed by atoms with van der Waals surface area (Å²) in [5.74, 6) is 1.94. The van der Waals surface area contributed by atoms with Gasteiger partial charge in [-0.15, -0.1) is 5.10 Å². The van der Waals surface area contributed by atoms with E-state index in [1.54, 1.807) is 4.68 Å². The molecule has 1 N–H and O–H groups in total. The van der Waals surface area contributed by atoms with Gasteiger partial charge in [0, 0.05) is 10.5 Å². The van der Waals surface area contributed by atoms with Crippen molar-refractivity contribution < 1.29 is 0 Å². The van der Waals surface area contributed by atoms with Crippen LogP contribution in [0.4, 0.5) is 5.82 Å². The monoisotopic (exact) mass is 444 g/mol. The molecule has 0 radical (unpaired) electrons. The van der Waals surface area contributed by atoms with Crippen molar-refractivity contribution >= 4 is 32.9 Å². The minimum atomic E-state index is 0.375. The van der Waals surface area contributed by atoms with Crippen LogP contribution in [-0.4, -0.2) is 31.0 Å². The average molecular weight is 445 g/mol. The molecule has 6 nitrogen and oxygen atoms in total. The van der Waals surface area contributed by atoms with Gasteiger partial charge in [-0.25, -0.2) is 9.97 Å². The van der Waals surface area contributed by atoms with Gasteiger partial charge < -0.3 is 5.32 Å². The molecular weight excluding hydrogens is 416 g/mol. The van der Waals surface area contributed by atoms with Crippen LogP contribution in [0, 0.1) is 6.92 Å². The first-order valence-electron chi connectivity index (χ1n) is 10.1. The molecule has 150 valence electrons. The van der Waals surface area contributed by atoms with Gasteiger partial charge >= 0.3 is 0 Å². The van der Waals surface area contributed by atoms with Gasteiger partial charge in [-0.1, -0.05) is 51.8 Å².